The van der Waals surface area contributed by atoms with Crippen molar-refractivity contribution in [3.05, 3.63) is 82.4 Å². The Balaban J connectivity index is 1.45. The van der Waals surface area contributed by atoms with Crippen LogP contribution in [0.2, 0.25) is 0 Å². The number of nitro groups is 1. The first-order valence-corrected chi connectivity index (χ1v) is 11.0. The number of hydrogen-bond acceptors (Lipinski definition) is 6. The van der Waals surface area contributed by atoms with Crippen molar-refractivity contribution in [1.29, 1.82) is 0 Å². The maximum Gasteiger partial charge on any atom is 0.294 e. The zero-order valence-corrected chi connectivity index (χ0v) is 17.6. The van der Waals surface area contributed by atoms with E-state index >= 15 is 0 Å². The van der Waals surface area contributed by atoms with E-state index in [-0.39, 0.29) is 11.3 Å². The molecule has 0 aliphatic carbocycles. The molecule has 9 heteroatoms. The van der Waals surface area contributed by atoms with Gasteiger partial charge in [-0.3, -0.25) is 14.9 Å². The molecule has 31 heavy (non-hydrogen) atoms. The van der Waals surface area contributed by atoms with Gasteiger partial charge < -0.3 is 14.6 Å². The highest BCUT2D eigenvalue weighted by Gasteiger charge is 2.19. The number of rotatable bonds is 7. The van der Waals surface area contributed by atoms with Crippen molar-refractivity contribution in [2.75, 3.05) is 18.5 Å². The molecule has 2 aromatic carbocycles. The summed E-state index contributed by atoms with van der Waals surface area (Å²) in [6.45, 7) is 1.64. The van der Waals surface area contributed by atoms with E-state index in [1.54, 1.807) is 22.9 Å². The van der Waals surface area contributed by atoms with Crippen LogP contribution in [0.3, 0.4) is 0 Å². The number of benzene rings is 2. The average Bonchev–Trinajstić information content (AvgIpc) is 3.33. The van der Waals surface area contributed by atoms with E-state index in [2.05, 4.69) is 10.3 Å². The number of hydrogen-bond donors (Lipinski definition) is 1. The normalized spacial score (nSPS) is 14.3. The Labute approximate surface area is 183 Å². The van der Waals surface area contributed by atoms with Gasteiger partial charge in [0.05, 0.1) is 11.3 Å². The summed E-state index contributed by atoms with van der Waals surface area (Å²) in [6, 6.07) is 12.1. The molecule has 1 fully saturated rings. The third kappa shape index (κ3) is 5.31. The molecular formula is C22H22N4O4S. The van der Waals surface area contributed by atoms with Crippen molar-refractivity contribution in [1.82, 2.24) is 9.55 Å². The quantitative estimate of drug-likeness (QED) is 0.432. The molecule has 0 spiro atoms. The smallest absolute Gasteiger partial charge is 0.294 e. The summed E-state index contributed by atoms with van der Waals surface area (Å²) in [5.41, 5.74) is 2.20. The molecule has 1 aromatic heterocycles. The summed E-state index contributed by atoms with van der Waals surface area (Å²) in [5, 5.41) is 15.0. The summed E-state index contributed by atoms with van der Waals surface area (Å²) < 4.78 is 6.94. The number of ether oxygens (including phenoxy) is 1. The van der Waals surface area contributed by atoms with Gasteiger partial charge in [-0.05, 0) is 42.7 Å². The number of nitro benzene ring substituents is 1. The topological polar surface area (TPSA) is 99.3 Å². The standard InChI is InChI=1S/C22H22N4O4S/c27-22(17-4-5-20(21(13-17)26(28)29)25-9-8-23-15-25)24-18-3-1-2-16(12-18)14-31-19-6-10-30-11-7-19/h1-5,8-9,12-13,15,19H,6-7,10-11,14H2,(H,24,27). The monoisotopic (exact) mass is 438 g/mol. The van der Waals surface area contributed by atoms with Crippen molar-refractivity contribution in [2.45, 2.75) is 23.8 Å². The van der Waals surface area contributed by atoms with E-state index < -0.39 is 10.8 Å². The van der Waals surface area contributed by atoms with Crippen LogP contribution < -0.4 is 5.32 Å². The Bertz CT molecular complexity index is 1070. The fourth-order valence-electron chi connectivity index (χ4n) is 3.43. The van der Waals surface area contributed by atoms with Gasteiger partial charge in [0, 0.05) is 53.9 Å². The number of nitrogens with one attached hydrogen (secondary N) is 1. The van der Waals surface area contributed by atoms with Crippen LogP contribution in [0.1, 0.15) is 28.8 Å². The second-order valence-electron chi connectivity index (χ2n) is 7.21. The number of aromatic nitrogens is 2. The van der Waals surface area contributed by atoms with Crippen molar-refractivity contribution >= 4 is 29.0 Å². The van der Waals surface area contributed by atoms with Crippen LogP contribution in [0.5, 0.6) is 0 Å². The molecule has 1 amide bonds. The van der Waals surface area contributed by atoms with Gasteiger partial charge in [0.25, 0.3) is 11.6 Å². The van der Waals surface area contributed by atoms with Crippen molar-refractivity contribution in [3.8, 4) is 5.69 Å². The molecule has 1 aliphatic rings. The van der Waals surface area contributed by atoms with Gasteiger partial charge in [0.15, 0.2) is 0 Å². The summed E-state index contributed by atoms with van der Waals surface area (Å²) in [6.07, 6.45) is 6.76. The lowest BCUT2D eigenvalue weighted by Crippen LogP contribution is -2.17. The van der Waals surface area contributed by atoms with E-state index in [0.717, 1.165) is 37.4 Å². The SMILES string of the molecule is O=C(Nc1cccc(CSC2CCOCC2)c1)c1ccc(-n2ccnc2)c([N+](=O)[O-])c1. The van der Waals surface area contributed by atoms with E-state index in [1.165, 1.54) is 18.6 Å². The first kappa shape index (κ1) is 21.1. The minimum absolute atomic E-state index is 0.160. The average molecular weight is 439 g/mol. The number of nitrogens with zero attached hydrogens (tertiary/aromatic N) is 3. The molecule has 1 aliphatic heterocycles. The minimum atomic E-state index is -0.500. The first-order valence-electron chi connectivity index (χ1n) is 9.96. The second kappa shape index (κ2) is 9.76. The van der Waals surface area contributed by atoms with Crippen molar-refractivity contribution in [3.63, 3.8) is 0 Å². The van der Waals surface area contributed by atoms with Gasteiger partial charge in [-0.15, -0.1) is 0 Å². The van der Waals surface area contributed by atoms with Crippen molar-refractivity contribution < 1.29 is 14.5 Å². The predicted octanol–water partition coefficient (Wildman–Crippen LogP) is 4.45. The highest BCUT2D eigenvalue weighted by Crippen LogP contribution is 2.27. The zero-order valence-electron chi connectivity index (χ0n) is 16.8. The highest BCUT2D eigenvalue weighted by molar-refractivity contribution is 7.99. The summed E-state index contributed by atoms with van der Waals surface area (Å²) in [5.74, 6) is 0.467. The lowest BCUT2D eigenvalue weighted by Gasteiger charge is -2.21. The number of anilines is 1. The van der Waals surface area contributed by atoms with Gasteiger partial charge in [-0.2, -0.15) is 11.8 Å². The molecular weight excluding hydrogens is 416 g/mol. The summed E-state index contributed by atoms with van der Waals surface area (Å²) in [7, 11) is 0. The summed E-state index contributed by atoms with van der Waals surface area (Å²) in [4.78, 5) is 27.7. The number of amides is 1. The Hall–Kier alpha value is -3.17. The Kier molecular flexibility index (Phi) is 6.63. The van der Waals surface area contributed by atoms with Crippen LogP contribution >= 0.6 is 11.8 Å². The van der Waals surface area contributed by atoms with Crippen LogP contribution in [-0.4, -0.2) is 38.8 Å². The molecule has 1 saturated heterocycles. The Morgan fingerprint density at radius 1 is 1.26 bits per heavy atom. The molecule has 0 saturated carbocycles. The van der Waals surface area contributed by atoms with Crippen LogP contribution in [0, 0.1) is 10.1 Å². The largest absolute Gasteiger partial charge is 0.381 e. The second-order valence-corrected chi connectivity index (χ2v) is 8.50. The third-order valence-corrected chi connectivity index (χ3v) is 6.50. The fraction of sp³-hybridized carbons (Fsp3) is 0.273. The number of carbonyl (C=O) groups excluding carboxylic acids is 1. The molecule has 1 N–H and O–H groups in total. The summed E-state index contributed by atoms with van der Waals surface area (Å²) >= 11 is 1.90. The maximum absolute atomic E-state index is 12.7. The molecule has 0 bridgehead atoms. The maximum atomic E-state index is 12.7. The molecule has 0 radical (unpaired) electrons. The van der Waals surface area contributed by atoms with Crippen LogP contribution in [-0.2, 0) is 10.5 Å². The minimum Gasteiger partial charge on any atom is -0.381 e. The van der Waals surface area contributed by atoms with Crippen LogP contribution in [0.15, 0.2) is 61.2 Å². The molecule has 0 unspecified atom stereocenters. The molecule has 0 atom stereocenters. The molecule has 4 rings (SSSR count). The van der Waals surface area contributed by atoms with Crippen molar-refractivity contribution in [2.24, 2.45) is 0 Å². The zero-order chi connectivity index (χ0) is 21.6. The van der Waals surface area contributed by atoms with Gasteiger partial charge in [0.2, 0.25) is 0 Å². The van der Waals surface area contributed by atoms with Crippen LogP contribution in [0.25, 0.3) is 5.69 Å². The van der Waals surface area contributed by atoms with E-state index in [4.69, 9.17) is 4.74 Å². The van der Waals surface area contributed by atoms with E-state index in [0.29, 0.717) is 16.6 Å². The third-order valence-electron chi connectivity index (χ3n) is 5.06. The van der Waals surface area contributed by atoms with Gasteiger partial charge in [-0.25, -0.2) is 4.98 Å². The molecule has 8 nitrogen and oxygen atoms in total. The molecule has 160 valence electrons. The van der Waals surface area contributed by atoms with E-state index in [1.807, 2.05) is 36.0 Å². The lowest BCUT2D eigenvalue weighted by molar-refractivity contribution is -0.384. The van der Waals surface area contributed by atoms with Gasteiger partial charge in [0.1, 0.15) is 5.69 Å². The predicted molar refractivity (Wildman–Crippen MR) is 120 cm³/mol. The molecule has 2 heterocycles. The Morgan fingerprint density at radius 3 is 2.84 bits per heavy atom. The highest BCUT2D eigenvalue weighted by atomic mass is 32.2. The van der Waals surface area contributed by atoms with E-state index in [9.17, 15) is 14.9 Å². The Morgan fingerprint density at radius 2 is 2.10 bits per heavy atom. The molecule has 3 aromatic rings. The number of carbonyl (C=O) groups is 1. The van der Waals surface area contributed by atoms with Crippen LogP contribution in [0.4, 0.5) is 11.4 Å². The fourth-order valence-corrected chi connectivity index (χ4v) is 4.56. The number of imidazole rings is 1. The number of thioether (sulfide) groups is 1. The van der Waals surface area contributed by atoms with Gasteiger partial charge >= 0.3 is 0 Å². The van der Waals surface area contributed by atoms with Gasteiger partial charge in [-0.1, -0.05) is 12.1 Å². The lowest BCUT2D eigenvalue weighted by atomic mass is 10.1. The first-order chi connectivity index (χ1) is 15.1.